The Kier molecular flexibility index (Phi) is 2.94. The van der Waals surface area contributed by atoms with Gasteiger partial charge >= 0.3 is 0 Å². The van der Waals surface area contributed by atoms with Gasteiger partial charge in [-0.1, -0.05) is 0 Å². The molecule has 1 heterocycles. The van der Waals surface area contributed by atoms with E-state index in [2.05, 4.69) is 11.2 Å². The molecule has 1 aromatic carbocycles. The van der Waals surface area contributed by atoms with Crippen LogP contribution in [0.15, 0.2) is 18.2 Å². The van der Waals surface area contributed by atoms with Crippen molar-refractivity contribution in [3.05, 3.63) is 35.0 Å². The molecule has 5 nitrogen and oxygen atoms in total. The zero-order chi connectivity index (χ0) is 13.3. The number of hydrogen-bond acceptors (Lipinski definition) is 4. The van der Waals surface area contributed by atoms with Crippen molar-refractivity contribution in [2.75, 3.05) is 5.73 Å². The van der Waals surface area contributed by atoms with Gasteiger partial charge < -0.3 is 10.5 Å². The number of aryl methyl sites for hydroxylation is 3. The monoisotopic (exact) mass is 242 g/mol. The van der Waals surface area contributed by atoms with E-state index in [4.69, 9.17) is 15.7 Å². The summed E-state index contributed by atoms with van der Waals surface area (Å²) in [4.78, 5) is 0. The van der Waals surface area contributed by atoms with E-state index in [9.17, 15) is 0 Å². The molecule has 0 radical (unpaired) electrons. The molecule has 0 fully saturated rings. The molecular weight excluding hydrogens is 228 g/mol. The summed E-state index contributed by atoms with van der Waals surface area (Å²) in [5.41, 5.74) is 8.50. The van der Waals surface area contributed by atoms with Crippen LogP contribution < -0.4 is 10.5 Å². The number of anilines is 1. The second-order valence-corrected chi connectivity index (χ2v) is 4.12. The van der Waals surface area contributed by atoms with E-state index in [1.54, 1.807) is 30.8 Å². The molecule has 92 valence electrons. The maximum atomic E-state index is 9.09. The first-order valence-electron chi connectivity index (χ1n) is 5.50. The third kappa shape index (κ3) is 2.00. The Hall–Kier alpha value is -2.48. The van der Waals surface area contributed by atoms with E-state index in [0.29, 0.717) is 28.6 Å². The van der Waals surface area contributed by atoms with Gasteiger partial charge in [0.15, 0.2) is 0 Å². The normalized spacial score (nSPS) is 10.1. The molecule has 0 unspecified atom stereocenters. The van der Waals surface area contributed by atoms with Crippen LogP contribution in [0, 0.1) is 25.2 Å². The highest BCUT2D eigenvalue weighted by molar-refractivity contribution is 5.51. The van der Waals surface area contributed by atoms with Crippen molar-refractivity contribution in [2.45, 2.75) is 13.8 Å². The predicted octanol–water partition coefficient (Wildman–Crippen LogP) is 2.28. The van der Waals surface area contributed by atoms with E-state index in [-0.39, 0.29) is 0 Å². The van der Waals surface area contributed by atoms with Crippen LogP contribution in [0.3, 0.4) is 0 Å². The van der Waals surface area contributed by atoms with Gasteiger partial charge in [-0.15, -0.1) is 0 Å². The van der Waals surface area contributed by atoms with Gasteiger partial charge in [-0.25, -0.2) is 4.68 Å². The van der Waals surface area contributed by atoms with Gasteiger partial charge in [0.25, 0.3) is 0 Å². The molecule has 2 N–H and O–H groups in total. The molecule has 0 spiro atoms. The Morgan fingerprint density at radius 2 is 2.11 bits per heavy atom. The molecule has 2 aromatic rings. The second kappa shape index (κ2) is 4.41. The molecule has 18 heavy (non-hydrogen) atoms. The quantitative estimate of drug-likeness (QED) is 0.819. The van der Waals surface area contributed by atoms with Crippen molar-refractivity contribution in [1.82, 2.24) is 9.78 Å². The van der Waals surface area contributed by atoms with Gasteiger partial charge in [0.05, 0.1) is 5.69 Å². The first-order chi connectivity index (χ1) is 8.52. The summed E-state index contributed by atoms with van der Waals surface area (Å²) in [7, 11) is 1.74. The fraction of sp³-hybridized carbons (Fsp3) is 0.231. The number of aromatic nitrogens is 2. The minimum atomic E-state index is 0.444. The fourth-order valence-electron chi connectivity index (χ4n) is 1.71. The lowest BCUT2D eigenvalue weighted by Crippen LogP contribution is -1.97. The van der Waals surface area contributed by atoms with Crippen LogP contribution in [-0.4, -0.2) is 9.78 Å². The molecular formula is C13H14N4O. The predicted molar refractivity (Wildman–Crippen MR) is 68.3 cm³/mol. The van der Waals surface area contributed by atoms with Gasteiger partial charge in [0.1, 0.15) is 17.4 Å². The lowest BCUT2D eigenvalue weighted by molar-refractivity contribution is 0.429. The topological polar surface area (TPSA) is 76.9 Å². The molecule has 5 heteroatoms. The van der Waals surface area contributed by atoms with Gasteiger partial charge in [-0.05, 0) is 37.6 Å². The van der Waals surface area contributed by atoms with Crippen molar-refractivity contribution >= 4 is 5.69 Å². The summed E-state index contributed by atoms with van der Waals surface area (Å²) >= 11 is 0. The summed E-state index contributed by atoms with van der Waals surface area (Å²) in [6.45, 7) is 3.68. The standard InChI is InChI=1S/C13H14N4O/c1-8-6-10(4-5-12(8)15)18-13-11(7-14)9(2)16-17(13)3/h4-6H,15H2,1-3H3. The van der Waals surface area contributed by atoms with Crippen LogP contribution in [0.4, 0.5) is 5.69 Å². The van der Waals surface area contributed by atoms with Crippen molar-refractivity contribution < 1.29 is 4.74 Å². The van der Waals surface area contributed by atoms with E-state index >= 15 is 0 Å². The van der Waals surface area contributed by atoms with Crippen LogP contribution in [0.5, 0.6) is 11.6 Å². The lowest BCUT2D eigenvalue weighted by Gasteiger charge is -2.08. The number of nitrogen functional groups attached to an aromatic ring is 1. The van der Waals surface area contributed by atoms with E-state index < -0.39 is 0 Å². The van der Waals surface area contributed by atoms with Crippen LogP contribution in [-0.2, 0) is 7.05 Å². The molecule has 0 saturated carbocycles. The largest absolute Gasteiger partial charge is 0.438 e. The molecule has 0 saturated heterocycles. The van der Waals surface area contributed by atoms with Crippen molar-refractivity contribution in [2.24, 2.45) is 7.05 Å². The third-order valence-electron chi connectivity index (χ3n) is 2.74. The third-order valence-corrected chi connectivity index (χ3v) is 2.74. The van der Waals surface area contributed by atoms with Crippen LogP contribution in [0.25, 0.3) is 0 Å². The Morgan fingerprint density at radius 1 is 1.39 bits per heavy atom. The maximum absolute atomic E-state index is 9.09. The first-order valence-corrected chi connectivity index (χ1v) is 5.50. The van der Waals surface area contributed by atoms with Crippen LogP contribution in [0.2, 0.25) is 0 Å². The van der Waals surface area contributed by atoms with Gasteiger partial charge in [0, 0.05) is 12.7 Å². The van der Waals surface area contributed by atoms with E-state index in [0.717, 1.165) is 5.56 Å². The molecule has 0 aliphatic rings. The minimum absolute atomic E-state index is 0.444. The van der Waals surface area contributed by atoms with E-state index in [1.165, 1.54) is 0 Å². The number of nitriles is 1. The number of benzene rings is 1. The van der Waals surface area contributed by atoms with E-state index in [1.807, 2.05) is 13.0 Å². The zero-order valence-electron chi connectivity index (χ0n) is 10.6. The van der Waals surface area contributed by atoms with Gasteiger partial charge in [-0.2, -0.15) is 10.4 Å². The number of nitrogens with zero attached hydrogens (tertiary/aromatic N) is 3. The maximum Gasteiger partial charge on any atom is 0.235 e. The van der Waals surface area contributed by atoms with Crippen molar-refractivity contribution in [3.8, 4) is 17.7 Å². The number of hydrogen-bond donors (Lipinski definition) is 1. The lowest BCUT2D eigenvalue weighted by atomic mass is 10.2. The average molecular weight is 242 g/mol. The van der Waals surface area contributed by atoms with Crippen LogP contribution in [0.1, 0.15) is 16.8 Å². The summed E-state index contributed by atoms with van der Waals surface area (Å²) < 4.78 is 7.27. The summed E-state index contributed by atoms with van der Waals surface area (Å²) in [5.74, 6) is 1.08. The van der Waals surface area contributed by atoms with Crippen molar-refractivity contribution in [3.63, 3.8) is 0 Å². The second-order valence-electron chi connectivity index (χ2n) is 4.12. The summed E-state index contributed by atoms with van der Waals surface area (Å²) in [5, 5.41) is 13.2. The molecule has 2 rings (SSSR count). The van der Waals surface area contributed by atoms with Gasteiger partial charge in [0.2, 0.25) is 5.88 Å². The highest BCUT2D eigenvalue weighted by Gasteiger charge is 2.15. The van der Waals surface area contributed by atoms with Crippen LogP contribution >= 0.6 is 0 Å². The highest BCUT2D eigenvalue weighted by atomic mass is 16.5. The summed E-state index contributed by atoms with van der Waals surface area (Å²) in [6, 6.07) is 7.48. The molecule has 0 atom stereocenters. The number of nitrogens with two attached hydrogens (primary N) is 1. The van der Waals surface area contributed by atoms with Gasteiger partial charge in [-0.3, -0.25) is 0 Å². The molecule has 0 amide bonds. The fourth-order valence-corrected chi connectivity index (χ4v) is 1.71. The zero-order valence-corrected chi connectivity index (χ0v) is 10.6. The summed E-state index contributed by atoms with van der Waals surface area (Å²) in [6.07, 6.45) is 0. The minimum Gasteiger partial charge on any atom is -0.438 e. The highest BCUT2D eigenvalue weighted by Crippen LogP contribution is 2.28. The SMILES string of the molecule is Cc1cc(Oc2c(C#N)c(C)nn2C)ccc1N. The molecule has 0 bridgehead atoms. The molecule has 0 aliphatic carbocycles. The smallest absolute Gasteiger partial charge is 0.235 e. The Morgan fingerprint density at radius 3 is 2.72 bits per heavy atom. The molecule has 1 aromatic heterocycles. The van der Waals surface area contributed by atoms with Crippen molar-refractivity contribution in [1.29, 1.82) is 5.26 Å². The average Bonchev–Trinajstić information content (AvgIpc) is 2.58. The Balaban J connectivity index is 2.40. The Labute approximate surface area is 105 Å². The first kappa shape index (κ1) is 12.0. The Bertz CT molecular complexity index is 637. The molecule has 0 aliphatic heterocycles. The number of rotatable bonds is 2. The number of ether oxygens (including phenoxy) is 1.